The highest BCUT2D eigenvalue weighted by molar-refractivity contribution is 7.10. The Balaban J connectivity index is 2.02. The first-order valence-corrected chi connectivity index (χ1v) is 6.04. The van der Waals surface area contributed by atoms with Crippen molar-refractivity contribution in [1.29, 1.82) is 0 Å². The van der Waals surface area contributed by atoms with E-state index in [4.69, 9.17) is 11.6 Å². The van der Waals surface area contributed by atoms with Crippen molar-refractivity contribution in [2.24, 2.45) is 0 Å². The number of hydrogen-bond acceptors (Lipinski definition) is 2. The second kappa shape index (κ2) is 4.69. The van der Waals surface area contributed by atoms with Crippen molar-refractivity contribution in [2.45, 2.75) is 13.5 Å². The van der Waals surface area contributed by atoms with Gasteiger partial charge in [0.05, 0.1) is 5.02 Å². The van der Waals surface area contributed by atoms with Gasteiger partial charge in [0.15, 0.2) is 0 Å². The standard InChI is InChI=1S/C12H12ClNS/c1-9-4-2-3-5-12(9)14-7-11-6-10(13)8-15-11/h2-6,8,14H,7H2,1H3. The number of aryl methyl sites for hydroxylation is 1. The molecule has 0 unspecified atom stereocenters. The minimum Gasteiger partial charge on any atom is -0.380 e. The molecule has 1 aromatic carbocycles. The van der Waals surface area contributed by atoms with E-state index in [1.54, 1.807) is 11.3 Å². The zero-order valence-corrected chi connectivity index (χ0v) is 10.0. The van der Waals surface area contributed by atoms with Gasteiger partial charge in [-0.1, -0.05) is 29.8 Å². The summed E-state index contributed by atoms with van der Waals surface area (Å²) in [5.74, 6) is 0. The summed E-state index contributed by atoms with van der Waals surface area (Å²) in [4.78, 5) is 1.25. The lowest BCUT2D eigenvalue weighted by atomic mass is 10.2. The highest BCUT2D eigenvalue weighted by atomic mass is 35.5. The third kappa shape index (κ3) is 2.74. The number of nitrogens with one attached hydrogen (secondary N) is 1. The second-order valence-corrected chi connectivity index (χ2v) is 4.83. The maximum atomic E-state index is 5.86. The highest BCUT2D eigenvalue weighted by Crippen LogP contribution is 2.21. The van der Waals surface area contributed by atoms with Crippen LogP contribution in [0, 0.1) is 6.92 Å². The van der Waals surface area contributed by atoms with Gasteiger partial charge in [-0.05, 0) is 24.6 Å². The van der Waals surface area contributed by atoms with Crippen LogP contribution in [0.3, 0.4) is 0 Å². The van der Waals surface area contributed by atoms with E-state index in [9.17, 15) is 0 Å². The van der Waals surface area contributed by atoms with E-state index < -0.39 is 0 Å². The molecule has 0 atom stereocenters. The molecule has 2 aromatic rings. The van der Waals surface area contributed by atoms with Crippen LogP contribution >= 0.6 is 22.9 Å². The molecule has 0 spiro atoms. The lowest BCUT2D eigenvalue weighted by Gasteiger charge is -2.07. The molecule has 15 heavy (non-hydrogen) atoms. The molecule has 78 valence electrons. The molecule has 0 saturated carbocycles. The first kappa shape index (κ1) is 10.5. The molecule has 1 N–H and O–H groups in total. The molecule has 0 amide bonds. The van der Waals surface area contributed by atoms with Gasteiger partial charge in [-0.2, -0.15) is 0 Å². The third-order valence-corrected chi connectivity index (χ3v) is 3.50. The molecule has 0 fully saturated rings. The number of rotatable bonds is 3. The first-order chi connectivity index (χ1) is 7.25. The van der Waals surface area contributed by atoms with E-state index >= 15 is 0 Å². The van der Waals surface area contributed by atoms with Crippen LogP contribution < -0.4 is 5.32 Å². The Hall–Kier alpha value is -0.990. The fourth-order valence-electron chi connectivity index (χ4n) is 1.40. The van der Waals surface area contributed by atoms with Gasteiger partial charge in [-0.3, -0.25) is 0 Å². The number of benzene rings is 1. The summed E-state index contributed by atoms with van der Waals surface area (Å²) in [7, 11) is 0. The van der Waals surface area contributed by atoms with Gasteiger partial charge >= 0.3 is 0 Å². The van der Waals surface area contributed by atoms with Gasteiger partial charge < -0.3 is 5.32 Å². The zero-order valence-electron chi connectivity index (χ0n) is 8.46. The van der Waals surface area contributed by atoms with Gasteiger partial charge in [0.2, 0.25) is 0 Å². The number of para-hydroxylation sites is 1. The maximum Gasteiger partial charge on any atom is 0.0516 e. The molecule has 0 saturated heterocycles. The number of hydrogen-bond donors (Lipinski definition) is 1. The first-order valence-electron chi connectivity index (χ1n) is 4.78. The van der Waals surface area contributed by atoms with Gasteiger partial charge in [0.25, 0.3) is 0 Å². The molecule has 1 aromatic heterocycles. The lowest BCUT2D eigenvalue weighted by Crippen LogP contribution is -1.98. The predicted molar refractivity (Wildman–Crippen MR) is 67.8 cm³/mol. The summed E-state index contributed by atoms with van der Waals surface area (Å²) in [6, 6.07) is 10.3. The van der Waals surface area contributed by atoms with Crippen molar-refractivity contribution in [3.8, 4) is 0 Å². The lowest BCUT2D eigenvalue weighted by molar-refractivity contribution is 1.18. The fourth-order valence-corrected chi connectivity index (χ4v) is 2.41. The fraction of sp³-hybridized carbons (Fsp3) is 0.167. The number of halogens is 1. The zero-order chi connectivity index (χ0) is 10.7. The molecule has 0 aliphatic heterocycles. The van der Waals surface area contributed by atoms with Gasteiger partial charge in [-0.25, -0.2) is 0 Å². The van der Waals surface area contributed by atoms with Crippen LogP contribution in [0.1, 0.15) is 10.4 Å². The van der Waals surface area contributed by atoms with E-state index in [0.717, 1.165) is 11.6 Å². The van der Waals surface area contributed by atoms with Crippen molar-refractivity contribution in [3.63, 3.8) is 0 Å². The number of anilines is 1. The monoisotopic (exact) mass is 237 g/mol. The van der Waals surface area contributed by atoms with Crippen molar-refractivity contribution < 1.29 is 0 Å². The molecule has 0 bridgehead atoms. The van der Waals surface area contributed by atoms with Crippen molar-refractivity contribution in [3.05, 3.63) is 51.2 Å². The average Bonchev–Trinajstić information content (AvgIpc) is 2.63. The third-order valence-electron chi connectivity index (χ3n) is 2.22. The minimum atomic E-state index is 0.821. The van der Waals surface area contributed by atoms with E-state index in [1.807, 2.05) is 23.6 Å². The molecule has 1 nitrogen and oxygen atoms in total. The Morgan fingerprint density at radius 1 is 1.33 bits per heavy atom. The molecular formula is C12H12ClNS. The summed E-state index contributed by atoms with van der Waals surface area (Å²) in [5, 5.41) is 6.17. The molecule has 2 rings (SSSR count). The van der Waals surface area contributed by atoms with Gasteiger partial charge in [-0.15, -0.1) is 11.3 Å². The SMILES string of the molecule is Cc1ccccc1NCc1cc(Cl)cs1. The van der Waals surface area contributed by atoms with Crippen LogP contribution in [0.5, 0.6) is 0 Å². The molecule has 0 radical (unpaired) electrons. The molecule has 3 heteroatoms. The normalized spacial score (nSPS) is 10.3. The second-order valence-electron chi connectivity index (χ2n) is 3.40. The van der Waals surface area contributed by atoms with E-state index in [-0.39, 0.29) is 0 Å². The van der Waals surface area contributed by atoms with Crippen molar-refractivity contribution >= 4 is 28.6 Å². The number of thiophene rings is 1. The predicted octanol–water partition coefficient (Wildman–Crippen LogP) is 4.32. The largest absolute Gasteiger partial charge is 0.380 e. The minimum absolute atomic E-state index is 0.821. The van der Waals surface area contributed by atoms with Crippen molar-refractivity contribution in [2.75, 3.05) is 5.32 Å². The molecule has 0 aliphatic carbocycles. The Kier molecular flexibility index (Phi) is 3.29. The van der Waals surface area contributed by atoms with Gasteiger partial charge in [0.1, 0.15) is 0 Å². The molecule has 0 aliphatic rings. The van der Waals surface area contributed by atoms with Crippen LogP contribution in [0.25, 0.3) is 0 Å². The Morgan fingerprint density at radius 2 is 2.13 bits per heavy atom. The summed E-state index contributed by atoms with van der Waals surface area (Å²) >= 11 is 7.54. The van der Waals surface area contributed by atoms with Gasteiger partial charge in [0, 0.05) is 22.5 Å². The van der Waals surface area contributed by atoms with Crippen molar-refractivity contribution in [1.82, 2.24) is 0 Å². The van der Waals surface area contributed by atoms with Crippen LogP contribution in [-0.4, -0.2) is 0 Å². The Morgan fingerprint density at radius 3 is 2.80 bits per heavy atom. The quantitative estimate of drug-likeness (QED) is 0.838. The highest BCUT2D eigenvalue weighted by Gasteiger charge is 1.99. The van der Waals surface area contributed by atoms with E-state index in [0.29, 0.717) is 0 Å². The van der Waals surface area contributed by atoms with Crippen LogP contribution in [0.15, 0.2) is 35.7 Å². The Bertz CT molecular complexity index is 450. The summed E-state index contributed by atoms with van der Waals surface area (Å²) in [6.45, 7) is 2.94. The van der Waals surface area contributed by atoms with E-state index in [1.165, 1.54) is 16.1 Å². The molecule has 1 heterocycles. The summed E-state index contributed by atoms with van der Waals surface area (Å²) < 4.78 is 0. The summed E-state index contributed by atoms with van der Waals surface area (Å²) in [5.41, 5.74) is 2.45. The maximum absolute atomic E-state index is 5.86. The Labute approximate surface area is 98.7 Å². The summed E-state index contributed by atoms with van der Waals surface area (Å²) in [6.07, 6.45) is 0. The van der Waals surface area contributed by atoms with Crippen LogP contribution in [0.4, 0.5) is 5.69 Å². The van der Waals surface area contributed by atoms with E-state index in [2.05, 4.69) is 24.4 Å². The average molecular weight is 238 g/mol. The van der Waals surface area contributed by atoms with Crippen LogP contribution in [-0.2, 0) is 6.54 Å². The molecular weight excluding hydrogens is 226 g/mol. The topological polar surface area (TPSA) is 12.0 Å². The van der Waals surface area contributed by atoms with Crippen LogP contribution in [0.2, 0.25) is 5.02 Å². The smallest absolute Gasteiger partial charge is 0.0516 e.